The van der Waals surface area contributed by atoms with Gasteiger partial charge in [0.25, 0.3) is 0 Å². The van der Waals surface area contributed by atoms with Gasteiger partial charge in [-0.3, -0.25) is 9.69 Å². The van der Waals surface area contributed by atoms with Crippen LogP contribution in [-0.2, 0) is 17.8 Å². The van der Waals surface area contributed by atoms with Crippen molar-refractivity contribution >= 4 is 5.91 Å². The van der Waals surface area contributed by atoms with Crippen molar-refractivity contribution < 1.29 is 18.0 Å². The molecular formula is C16H19F3N2O. The van der Waals surface area contributed by atoms with Crippen molar-refractivity contribution in [1.29, 1.82) is 0 Å². The third-order valence-corrected chi connectivity index (χ3v) is 4.25. The zero-order valence-electron chi connectivity index (χ0n) is 12.2. The number of carbonyl (C=O) groups excluding carboxylic acids is 1. The third kappa shape index (κ3) is 3.80. The molecule has 1 aliphatic carbocycles. The molecule has 1 heterocycles. The maximum Gasteiger partial charge on any atom is 0.390 e. The Hall–Kier alpha value is -1.56. The Morgan fingerprint density at radius 2 is 1.91 bits per heavy atom. The molecule has 1 amide bonds. The van der Waals surface area contributed by atoms with Crippen molar-refractivity contribution in [2.24, 2.45) is 0 Å². The fourth-order valence-electron chi connectivity index (χ4n) is 2.87. The number of hydrogen-bond acceptors (Lipinski definition) is 2. The average Bonchev–Trinajstić information content (AvgIpc) is 3.27. The summed E-state index contributed by atoms with van der Waals surface area (Å²) in [5.41, 5.74) is 2.07. The minimum atomic E-state index is -4.20. The maximum atomic E-state index is 12.5. The van der Waals surface area contributed by atoms with E-state index < -0.39 is 18.6 Å². The summed E-state index contributed by atoms with van der Waals surface area (Å²) < 4.78 is 37.6. The summed E-state index contributed by atoms with van der Waals surface area (Å²) >= 11 is 0. The van der Waals surface area contributed by atoms with Gasteiger partial charge in [-0.2, -0.15) is 13.2 Å². The second kappa shape index (κ2) is 5.91. The van der Waals surface area contributed by atoms with Crippen molar-refractivity contribution in [3.05, 3.63) is 35.4 Å². The van der Waals surface area contributed by atoms with Crippen molar-refractivity contribution in [2.75, 3.05) is 6.54 Å². The molecule has 1 atom stereocenters. The van der Waals surface area contributed by atoms with Crippen molar-refractivity contribution in [1.82, 2.24) is 10.2 Å². The maximum absolute atomic E-state index is 12.5. The molecule has 1 aromatic rings. The summed E-state index contributed by atoms with van der Waals surface area (Å²) in [6.07, 6.45) is -2.67. The molecule has 0 saturated heterocycles. The first-order valence-electron chi connectivity index (χ1n) is 7.60. The number of halogens is 3. The fraction of sp³-hybridized carbons (Fsp3) is 0.562. The van der Waals surface area contributed by atoms with E-state index in [1.807, 2.05) is 24.3 Å². The molecule has 22 heavy (non-hydrogen) atoms. The standard InChI is InChI=1S/C16H19F3N2O/c17-16(18,19)7-8-21-10-12-4-2-1-3-11(12)9-14(21)15(22)20-13-5-6-13/h1-4,13-14H,5-10H2,(H,20,22)/t14-/m1/s1. The summed E-state index contributed by atoms with van der Waals surface area (Å²) in [5, 5.41) is 2.92. The highest BCUT2D eigenvalue weighted by molar-refractivity contribution is 5.83. The van der Waals surface area contributed by atoms with E-state index in [9.17, 15) is 18.0 Å². The fourth-order valence-corrected chi connectivity index (χ4v) is 2.87. The van der Waals surface area contributed by atoms with Crippen LogP contribution in [0.2, 0.25) is 0 Å². The molecule has 6 heteroatoms. The second-order valence-electron chi connectivity index (χ2n) is 6.11. The summed E-state index contributed by atoms with van der Waals surface area (Å²) in [7, 11) is 0. The number of hydrogen-bond donors (Lipinski definition) is 1. The number of benzene rings is 1. The number of nitrogens with zero attached hydrogens (tertiary/aromatic N) is 1. The zero-order valence-corrected chi connectivity index (χ0v) is 12.2. The van der Waals surface area contributed by atoms with Crippen LogP contribution in [0.15, 0.2) is 24.3 Å². The van der Waals surface area contributed by atoms with Crippen LogP contribution in [0.1, 0.15) is 30.4 Å². The lowest BCUT2D eigenvalue weighted by Crippen LogP contribution is -2.51. The van der Waals surface area contributed by atoms with Gasteiger partial charge < -0.3 is 5.32 Å². The van der Waals surface area contributed by atoms with Gasteiger partial charge in [0.15, 0.2) is 0 Å². The molecular weight excluding hydrogens is 293 g/mol. The Morgan fingerprint density at radius 3 is 2.55 bits per heavy atom. The van der Waals surface area contributed by atoms with Crippen molar-refractivity contribution in [3.63, 3.8) is 0 Å². The van der Waals surface area contributed by atoms with Crippen LogP contribution in [0.3, 0.4) is 0 Å². The summed E-state index contributed by atoms with van der Waals surface area (Å²) in [5.74, 6) is -0.140. The van der Waals surface area contributed by atoms with Gasteiger partial charge >= 0.3 is 6.18 Å². The van der Waals surface area contributed by atoms with Gasteiger partial charge in [-0.05, 0) is 30.4 Å². The van der Waals surface area contributed by atoms with Crippen LogP contribution in [-0.4, -0.2) is 35.6 Å². The van der Waals surface area contributed by atoms with Gasteiger partial charge in [-0.25, -0.2) is 0 Å². The van der Waals surface area contributed by atoms with Crippen LogP contribution < -0.4 is 5.32 Å². The number of amides is 1. The molecule has 3 nitrogen and oxygen atoms in total. The van der Waals surface area contributed by atoms with Crippen LogP contribution in [0.25, 0.3) is 0 Å². The van der Waals surface area contributed by atoms with Crippen molar-refractivity contribution in [2.45, 2.75) is 50.5 Å². The molecule has 0 spiro atoms. The molecule has 1 fully saturated rings. The van der Waals surface area contributed by atoms with Gasteiger partial charge in [0.2, 0.25) is 5.91 Å². The van der Waals surface area contributed by atoms with Crippen LogP contribution >= 0.6 is 0 Å². The molecule has 1 aromatic carbocycles. The highest BCUT2D eigenvalue weighted by Crippen LogP contribution is 2.27. The lowest BCUT2D eigenvalue weighted by atomic mass is 9.93. The lowest BCUT2D eigenvalue weighted by molar-refractivity contribution is -0.143. The molecule has 1 aliphatic heterocycles. The van der Waals surface area contributed by atoms with E-state index in [0.717, 1.165) is 24.0 Å². The summed E-state index contributed by atoms with van der Waals surface area (Å²) in [4.78, 5) is 14.0. The van der Waals surface area contributed by atoms with E-state index in [4.69, 9.17) is 0 Å². The summed E-state index contributed by atoms with van der Waals surface area (Å²) in [6, 6.07) is 7.37. The predicted octanol–water partition coefficient (Wildman–Crippen LogP) is 2.64. The molecule has 2 aliphatic rings. The van der Waals surface area contributed by atoms with Crippen LogP contribution in [0.5, 0.6) is 0 Å². The van der Waals surface area contributed by atoms with Gasteiger partial charge in [-0.15, -0.1) is 0 Å². The van der Waals surface area contributed by atoms with E-state index in [1.165, 1.54) is 0 Å². The highest BCUT2D eigenvalue weighted by Gasteiger charge is 2.36. The number of nitrogens with one attached hydrogen (secondary N) is 1. The quantitative estimate of drug-likeness (QED) is 0.927. The molecule has 1 N–H and O–H groups in total. The topological polar surface area (TPSA) is 32.3 Å². The van der Waals surface area contributed by atoms with Gasteiger partial charge in [0.1, 0.15) is 0 Å². The number of fused-ring (bicyclic) bond motifs is 1. The Labute approximate surface area is 127 Å². The number of rotatable bonds is 4. The monoisotopic (exact) mass is 312 g/mol. The number of carbonyl (C=O) groups is 1. The molecule has 0 radical (unpaired) electrons. The minimum Gasteiger partial charge on any atom is -0.352 e. The largest absolute Gasteiger partial charge is 0.390 e. The normalized spacial score (nSPS) is 22.2. The molecule has 0 aromatic heterocycles. The molecule has 1 saturated carbocycles. The highest BCUT2D eigenvalue weighted by atomic mass is 19.4. The Morgan fingerprint density at radius 1 is 1.23 bits per heavy atom. The van der Waals surface area contributed by atoms with Gasteiger partial charge in [-0.1, -0.05) is 24.3 Å². The van der Waals surface area contributed by atoms with Crippen LogP contribution in [0, 0.1) is 0 Å². The summed E-state index contributed by atoms with van der Waals surface area (Å²) in [6.45, 7) is 0.260. The molecule has 3 rings (SSSR count). The van der Waals surface area contributed by atoms with Crippen LogP contribution in [0.4, 0.5) is 13.2 Å². The minimum absolute atomic E-state index is 0.138. The molecule has 0 bridgehead atoms. The first kappa shape index (κ1) is 15.3. The zero-order chi connectivity index (χ0) is 15.7. The Kier molecular flexibility index (Phi) is 4.12. The van der Waals surface area contributed by atoms with E-state index >= 15 is 0 Å². The first-order chi connectivity index (χ1) is 10.4. The van der Waals surface area contributed by atoms with Crippen molar-refractivity contribution in [3.8, 4) is 0 Å². The SMILES string of the molecule is O=C(NC1CC1)[C@H]1Cc2ccccc2CN1CCC(F)(F)F. The van der Waals surface area contributed by atoms with E-state index in [-0.39, 0.29) is 18.5 Å². The lowest BCUT2D eigenvalue weighted by Gasteiger charge is -2.36. The van der Waals surface area contributed by atoms with E-state index in [0.29, 0.717) is 13.0 Å². The second-order valence-corrected chi connectivity index (χ2v) is 6.11. The van der Waals surface area contributed by atoms with Gasteiger partial charge in [0.05, 0.1) is 12.5 Å². The molecule has 0 unspecified atom stereocenters. The predicted molar refractivity (Wildman–Crippen MR) is 76.2 cm³/mol. The smallest absolute Gasteiger partial charge is 0.352 e. The number of alkyl halides is 3. The van der Waals surface area contributed by atoms with E-state index in [1.54, 1.807) is 4.90 Å². The Balaban J connectivity index is 1.74. The van der Waals surface area contributed by atoms with Gasteiger partial charge in [0, 0.05) is 19.1 Å². The third-order valence-electron chi connectivity index (χ3n) is 4.25. The average molecular weight is 312 g/mol. The van der Waals surface area contributed by atoms with E-state index in [2.05, 4.69) is 5.32 Å². The molecule has 120 valence electrons. The first-order valence-corrected chi connectivity index (χ1v) is 7.60. The Bertz CT molecular complexity index is 555.